The molecular formula is C11H13NO3S. The number of ketones is 1. The molecule has 1 saturated carbocycles. The van der Waals surface area contributed by atoms with Crippen molar-refractivity contribution in [1.29, 1.82) is 0 Å². The zero-order valence-electron chi connectivity index (χ0n) is 8.72. The van der Waals surface area contributed by atoms with Gasteiger partial charge in [0.15, 0.2) is 0 Å². The van der Waals surface area contributed by atoms with Crippen LogP contribution < -0.4 is 4.72 Å². The van der Waals surface area contributed by atoms with Crippen molar-refractivity contribution >= 4 is 15.8 Å². The van der Waals surface area contributed by atoms with Crippen molar-refractivity contribution in [3.63, 3.8) is 0 Å². The summed E-state index contributed by atoms with van der Waals surface area (Å²) in [6.45, 7) is 0. The fourth-order valence-electron chi connectivity index (χ4n) is 1.80. The molecule has 1 aliphatic rings. The second-order valence-electron chi connectivity index (χ2n) is 3.91. The zero-order chi connectivity index (χ0) is 11.6. The van der Waals surface area contributed by atoms with Gasteiger partial charge in [0.1, 0.15) is 5.78 Å². The van der Waals surface area contributed by atoms with E-state index >= 15 is 0 Å². The lowest BCUT2D eigenvalue weighted by Gasteiger charge is -2.11. The van der Waals surface area contributed by atoms with Crippen molar-refractivity contribution in [3.05, 3.63) is 30.3 Å². The number of hydrogen-bond acceptors (Lipinski definition) is 3. The van der Waals surface area contributed by atoms with Gasteiger partial charge >= 0.3 is 0 Å². The first-order chi connectivity index (χ1) is 7.58. The lowest BCUT2D eigenvalue weighted by Crippen LogP contribution is -2.32. The summed E-state index contributed by atoms with van der Waals surface area (Å²) in [4.78, 5) is 11.3. The van der Waals surface area contributed by atoms with E-state index in [9.17, 15) is 13.2 Å². The Hall–Kier alpha value is -1.20. The fourth-order valence-corrected chi connectivity index (χ4v) is 3.09. The number of Topliss-reactive ketones (excluding diaryl/α,β-unsaturated/α-hetero) is 1. The Labute approximate surface area is 94.7 Å². The van der Waals surface area contributed by atoms with Crippen LogP contribution in [-0.2, 0) is 14.8 Å². The summed E-state index contributed by atoms with van der Waals surface area (Å²) >= 11 is 0. The molecule has 1 aromatic rings. The standard InChI is InChI=1S/C11H13NO3S/c13-10-7-6-9(8-10)12-16(14,15)11-4-2-1-3-5-11/h1-5,9,12H,6-8H2. The molecule has 0 heterocycles. The molecule has 0 bridgehead atoms. The second kappa shape index (κ2) is 4.35. The number of sulfonamides is 1. The predicted molar refractivity (Wildman–Crippen MR) is 59.4 cm³/mol. The van der Waals surface area contributed by atoms with Crippen molar-refractivity contribution in [2.45, 2.75) is 30.2 Å². The SMILES string of the molecule is O=C1CCC(NS(=O)(=O)c2ccccc2)C1. The summed E-state index contributed by atoms with van der Waals surface area (Å²) in [5.41, 5.74) is 0. The number of carbonyl (C=O) groups excluding carboxylic acids is 1. The van der Waals surface area contributed by atoms with Gasteiger partial charge in [-0.2, -0.15) is 0 Å². The third-order valence-electron chi connectivity index (χ3n) is 2.62. The van der Waals surface area contributed by atoms with Crippen LogP contribution in [0, 0.1) is 0 Å². The van der Waals surface area contributed by atoms with Gasteiger partial charge in [0, 0.05) is 18.9 Å². The first-order valence-corrected chi connectivity index (χ1v) is 6.65. The number of hydrogen-bond donors (Lipinski definition) is 1. The van der Waals surface area contributed by atoms with Gasteiger partial charge in [0.2, 0.25) is 10.0 Å². The quantitative estimate of drug-likeness (QED) is 0.858. The van der Waals surface area contributed by atoms with E-state index in [1.165, 1.54) is 0 Å². The molecule has 1 atom stereocenters. The molecule has 5 heteroatoms. The molecule has 4 nitrogen and oxygen atoms in total. The van der Waals surface area contributed by atoms with Crippen LogP contribution in [0.25, 0.3) is 0 Å². The molecule has 1 fully saturated rings. The Bertz CT molecular complexity index is 481. The molecule has 1 aliphatic carbocycles. The van der Waals surface area contributed by atoms with E-state index in [4.69, 9.17) is 0 Å². The van der Waals surface area contributed by atoms with E-state index in [1.54, 1.807) is 30.3 Å². The van der Waals surface area contributed by atoms with Crippen LogP contribution >= 0.6 is 0 Å². The highest BCUT2D eigenvalue weighted by Crippen LogP contribution is 2.17. The summed E-state index contributed by atoms with van der Waals surface area (Å²) in [5.74, 6) is 0.126. The van der Waals surface area contributed by atoms with Gasteiger partial charge in [-0.25, -0.2) is 13.1 Å². The summed E-state index contributed by atoms with van der Waals surface area (Å²) in [5, 5.41) is 0. The average molecular weight is 239 g/mol. The number of benzene rings is 1. The number of nitrogens with one attached hydrogen (secondary N) is 1. The van der Waals surface area contributed by atoms with Crippen LogP contribution in [0.4, 0.5) is 0 Å². The van der Waals surface area contributed by atoms with Gasteiger partial charge in [-0.1, -0.05) is 18.2 Å². The second-order valence-corrected chi connectivity index (χ2v) is 5.63. The first kappa shape index (κ1) is 11.3. The minimum absolute atomic E-state index is 0.126. The van der Waals surface area contributed by atoms with Crippen molar-refractivity contribution in [3.8, 4) is 0 Å². The molecule has 1 aromatic carbocycles. The van der Waals surface area contributed by atoms with Gasteiger partial charge in [-0.3, -0.25) is 4.79 Å². The van der Waals surface area contributed by atoms with Crippen LogP contribution in [0.2, 0.25) is 0 Å². The molecule has 16 heavy (non-hydrogen) atoms. The highest BCUT2D eigenvalue weighted by molar-refractivity contribution is 7.89. The van der Waals surface area contributed by atoms with Crippen molar-refractivity contribution in [2.24, 2.45) is 0 Å². The summed E-state index contributed by atoms with van der Waals surface area (Å²) < 4.78 is 26.3. The average Bonchev–Trinajstić information content (AvgIpc) is 2.64. The topological polar surface area (TPSA) is 63.2 Å². The van der Waals surface area contributed by atoms with Gasteiger partial charge < -0.3 is 0 Å². The molecule has 0 aliphatic heterocycles. The minimum Gasteiger partial charge on any atom is -0.300 e. The van der Waals surface area contributed by atoms with Gasteiger partial charge in [0.05, 0.1) is 4.90 Å². The summed E-state index contributed by atoms with van der Waals surface area (Å²) in [7, 11) is -3.47. The normalized spacial score (nSPS) is 21.2. The van der Waals surface area contributed by atoms with E-state index < -0.39 is 10.0 Å². The van der Waals surface area contributed by atoms with E-state index in [2.05, 4.69) is 4.72 Å². The molecule has 0 radical (unpaired) electrons. The highest BCUT2D eigenvalue weighted by Gasteiger charge is 2.26. The molecule has 0 spiro atoms. The summed E-state index contributed by atoms with van der Waals surface area (Å²) in [6.07, 6.45) is 1.39. The van der Waals surface area contributed by atoms with Crippen LogP contribution in [0.5, 0.6) is 0 Å². The lowest BCUT2D eigenvalue weighted by atomic mass is 10.3. The third-order valence-corrected chi connectivity index (χ3v) is 4.16. The maximum absolute atomic E-state index is 11.9. The van der Waals surface area contributed by atoms with Crippen molar-refractivity contribution < 1.29 is 13.2 Å². The molecule has 0 aromatic heterocycles. The molecule has 86 valence electrons. The molecule has 1 unspecified atom stereocenters. The Morgan fingerprint density at radius 1 is 1.19 bits per heavy atom. The van der Waals surface area contributed by atoms with Gasteiger partial charge in [0.25, 0.3) is 0 Å². The van der Waals surface area contributed by atoms with E-state index in [0.717, 1.165) is 0 Å². The third kappa shape index (κ3) is 2.48. The van der Waals surface area contributed by atoms with Gasteiger partial charge in [-0.15, -0.1) is 0 Å². The van der Waals surface area contributed by atoms with E-state index in [0.29, 0.717) is 19.3 Å². The first-order valence-electron chi connectivity index (χ1n) is 5.17. The number of rotatable bonds is 3. The maximum atomic E-state index is 11.9. The Morgan fingerprint density at radius 2 is 1.88 bits per heavy atom. The molecule has 2 rings (SSSR count). The minimum atomic E-state index is -3.47. The molecular weight excluding hydrogens is 226 g/mol. The molecule has 0 saturated heterocycles. The predicted octanol–water partition coefficient (Wildman–Crippen LogP) is 1.09. The van der Waals surface area contributed by atoms with Crippen LogP contribution in [-0.4, -0.2) is 20.2 Å². The Balaban J connectivity index is 2.12. The van der Waals surface area contributed by atoms with E-state index in [-0.39, 0.29) is 16.7 Å². The van der Waals surface area contributed by atoms with Crippen molar-refractivity contribution in [2.75, 3.05) is 0 Å². The number of carbonyl (C=O) groups is 1. The van der Waals surface area contributed by atoms with Crippen LogP contribution in [0.15, 0.2) is 35.2 Å². The van der Waals surface area contributed by atoms with E-state index in [1.807, 2.05) is 0 Å². The molecule has 1 N–H and O–H groups in total. The highest BCUT2D eigenvalue weighted by atomic mass is 32.2. The van der Waals surface area contributed by atoms with Crippen LogP contribution in [0.3, 0.4) is 0 Å². The Kier molecular flexibility index (Phi) is 3.07. The molecule has 0 amide bonds. The lowest BCUT2D eigenvalue weighted by molar-refractivity contribution is -0.117. The maximum Gasteiger partial charge on any atom is 0.240 e. The monoisotopic (exact) mass is 239 g/mol. The smallest absolute Gasteiger partial charge is 0.240 e. The van der Waals surface area contributed by atoms with Crippen LogP contribution in [0.1, 0.15) is 19.3 Å². The van der Waals surface area contributed by atoms with Crippen molar-refractivity contribution in [1.82, 2.24) is 4.72 Å². The largest absolute Gasteiger partial charge is 0.300 e. The fraction of sp³-hybridized carbons (Fsp3) is 0.364. The summed E-state index contributed by atoms with van der Waals surface area (Å²) in [6, 6.07) is 7.96. The Morgan fingerprint density at radius 3 is 2.44 bits per heavy atom. The van der Waals surface area contributed by atoms with Gasteiger partial charge in [-0.05, 0) is 18.6 Å². The zero-order valence-corrected chi connectivity index (χ0v) is 9.53.